The van der Waals surface area contributed by atoms with Crippen molar-refractivity contribution in [3.8, 4) is 5.75 Å². The number of carboxylic acids is 1. The van der Waals surface area contributed by atoms with Crippen molar-refractivity contribution < 1.29 is 24.2 Å². The van der Waals surface area contributed by atoms with Crippen molar-refractivity contribution in [2.24, 2.45) is 0 Å². The predicted octanol–water partition coefficient (Wildman–Crippen LogP) is 2.85. The van der Waals surface area contributed by atoms with Gasteiger partial charge in [-0.1, -0.05) is 42.5 Å². The second-order valence-electron chi connectivity index (χ2n) is 5.92. The van der Waals surface area contributed by atoms with Gasteiger partial charge in [0.05, 0.1) is 10.9 Å². The zero-order chi connectivity index (χ0) is 20.1. The first-order chi connectivity index (χ1) is 13.5. The summed E-state index contributed by atoms with van der Waals surface area (Å²) in [5, 5.41) is 10.4. The molecule has 7 heteroatoms. The Kier molecular flexibility index (Phi) is 5.96. The fourth-order valence-electron chi connectivity index (χ4n) is 2.50. The number of hydrogen-bond donors (Lipinski definition) is 0. The van der Waals surface area contributed by atoms with Crippen LogP contribution in [0.25, 0.3) is 6.08 Å². The molecule has 3 rings (SSSR count). The van der Waals surface area contributed by atoms with Crippen molar-refractivity contribution in [2.45, 2.75) is 6.61 Å². The minimum Gasteiger partial charge on any atom is -0.545 e. The van der Waals surface area contributed by atoms with Gasteiger partial charge in [-0.15, -0.1) is 6.58 Å². The smallest absolute Gasteiger partial charge is 0.293 e. The van der Waals surface area contributed by atoms with Gasteiger partial charge in [0.15, 0.2) is 0 Å². The number of carbonyl (C=O) groups is 3. The predicted molar refractivity (Wildman–Crippen MR) is 104 cm³/mol. The molecule has 0 unspecified atom stereocenters. The third-order valence-corrected chi connectivity index (χ3v) is 4.87. The first-order valence-corrected chi connectivity index (χ1v) is 9.19. The average molecular weight is 394 g/mol. The van der Waals surface area contributed by atoms with Gasteiger partial charge in [0, 0.05) is 6.54 Å². The molecule has 1 aliphatic heterocycles. The molecule has 2 aromatic carbocycles. The summed E-state index contributed by atoms with van der Waals surface area (Å²) < 4.78 is 5.68. The van der Waals surface area contributed by atoms with Crippen molar-refractivity contribution in [1.29, 1.82) is 0 Å². The molecular weight excluding hydrogens is 378 g/mol. The highest BCUT2D eigenvalue weighted by molar-refractivity contribution is 8.18. The number of aromatic carboxylic acids is 1. The third-order valence-electron chi connectivity index (χ3n) is 3.96. The van der Waals surface area contributed by atoms with E-state index in [-0.39, 0.29) is 29.9 Å². The van der Waals surface area contributed by atoms with Crippen LogP contribution in [0.2, 0.25) is 0 Å². The fourth-order valence-corrected chi connectivity index (χ4v) is 3.35. The number of nitrogens with zero attached hydrogens (tertiary/aromatic N) is 1. The molecule has 0 saturated carbocycles. The third kappa shape index (κ3) is 4.50. The molecule has 2 amide bonds. The molecule has 1 aliphatic rings. The topological polar surface area (TPSA) is 86.7 Å². The first kappa shape index (κ1) is 19.4. The van der Waals surface area contributed by atoms with Gasteiger partial charge in [0.1, 0.15) is 12.4 Å². The number of hydrogen-bond acceptors (Lipinski definition) is 6. The fraction of sp³-hybridized carbons (Fsp3) is 0.0952. The van der Waals surface area contributed by atoms with Gasteiger partial charge in [-0.05, 0) is 46.7 Å². The van der Waals surface area contributed by atoms with Crippen molar-refractivity contribution in [2.75, 3.05) is 6.54 Å². The highest BCUT2D eigenvalue weighted by Gasteiger charge is 2.33. The molecule has 0 N–H and O–H groups in total. The number of amides is 2. The minimum absolute atomic E-state index is 0.116. The highest BCUT2D eigenvalue weighted by atomic mass is 32.2. The van der Waals surface area contributed by atoms with E-state index in [2.05, 4.69) is 6.58 Å². The van der Waals surface area contributed by atoms with E-state index in [0.29, 0.717) is 10.7 Å². The lowest BCUT2D eigenvalue weighted by molar-refractivity contribution is -0.255. The van der Waals surface area contributed by atoms with Crippen LogP contribution in [-0.2, 0) is 11.4 Å². The van der Waals surface area contributed by atoms with Crippen LogP contribution < -0.4 is 9.84 Å². The molecule has 0 spiro atoms. The Morgan fingerprint density at radius 3 is 2.39 bits per heavy atom. The Hall–Kier alpha value is -3.32. The van der Waals surface area contributed by atoms with E-state index >= 15 is 0 Å². The van der Waals surface area contributed by atoms with Gasteiger partial charge in [0.2, 0.25) is 0 Å². The summed E-state index contributed by atoms with van der Waals surface area (Å²) in [7, 11) is 0. The molecule has 1 saturated heterocycles. The van der Waals surface area contributed by atoms with E-state index in [1.165, 1.54) is 18.2 Å². The van der Waals surface area contributed by atoms with Crippen LogP contribution in [0.4, 0.5) is 4.79 Å². The van der Waals surface area contributed by atoms with E-state index < -0.39 is 5.97 Å². The number of rotatable bonds is 7. The second-order valence-corrected chi connectivity index (χ2v) is 6.92. The summed E-state index contributed by atoms with van der Waals surface area (Å²) in [5.74, 6) is -0.915. The standard InChI is InChI=1S/C21H17NO5S/c1-2-11-22-19(23)18(28-21(22)26)12-14-5-9-17(10-6-14)27-13-15-3-7-16(8-4-15)20(24)25/h2-10,12H,1,11,13H2,(H,24,25)/p-1/b18-12+. The van der Waals surface area contributed by atoms with Crippen LogP contribution >= 0.6 is 11.8 Å². The maximum absolute atomic E-state index is 12.2. The van der Waals surface area contributed by atoms with Crippen molar-refractivity contribution in [1.82, 2.24) is 4.90 Å². The van der Waals surface area contributed by atoms with Crippen LogP contribution in [0, 0.1) is 0 Å². The Morgan fingerprint density at radius 2 is 1.79 bits per heavy atom. The van der Waals surface area contributed by atoms with Crippen LogP contribution in [0.3, 0.4) is 0 Å². The summed E-state index contributed by atoms with van der Waals surface area (Å²) in [6.07, 6.45) is 3.17. The quantitative estimate of drug-likeness (QED) is 0.530. The van der Waals surface area contributed by atoms with Gasteiger partial charge in [-0.2, -0.15) is 0 Å². The second kappa shape index (κ2) is 8.58. The lowest BCUT2D eigenvalue weighted by Gasteiger charge is -2.08. The molecule has 0 radical (unpaired) electrons. The van der Waals surface area contributed by atoms with Crippen molar-refractivity contribution in [3.63, 3.8) is 0 Å². The zero-order valence-electron chi connectivity index (χ0n) is 14.8. The molecule has 1 fully saturated rings. The Balaban J connectivity index is 1.62. The van der Waals surface area contributed by atoms with Crippen LogP contribution in [-0.4, -0.2) is 28.6 Å². The van der Waals surface area contributed by atoms with E-state index in [1.54, 1.807) is 42.5 Å². The number of ether oxygens (including phenoxy) is 1. The largest absolute Gasteiger partial charge is 0.545 e. The van der Waals surface area contributed by atoms with Gasteiger partial charge >= 0.3 is 0 Å². The normalized spacial score (nSPS) is 15.1. The molecular formula is C21H16NO5S-. The van der Waals surface area contributed by atoms with E-state index in [9.17, 15) is 19.5 Å². The van der Waals surface area contributed by atoms with Crippen LogP contribution in [0.1, 0.15) is 21.5 Å². The summed E-state index contributed by atoms with van der Waals surface area (Å²) in [4.78, 5) is 36.3. The van der Waals surface area contributed by atoms with E-state index in [0.717, 1.165) is 27.8 Å². The minimum atomic E-state index is -1.22. The summed E-state index contributed by atoms with van der Waals surface area (Å²) in [6.45, 7) is 4.02. The SMILES string of the molecule is C=CCN1C(=O)S/C(=C/c2ccc(OCc3ccc(C(=O)[O-])cc3)cc2)C1=O. The van der Waals surface area contributed by atoms with E-state index in [1.807, 2.05) is 0 Å². The maximum atomic E-state index is 12.2. The molecule has 0 atom stereocenters. The lowest BCUT2D eigenvalue weighted by Crippen LogP contribution is -2.27. The maximum Gasteiger partial charge on any atom is 0.293 e. The molecule has 6 nitrogen and oxygen atoms in total. The Labute approximate surface area is 166 Å². The lowest BCUT2D eigenvalue weighted by atomic mass is 10.1. The Bertz CT molecular complexity index is 948. The molecule has 142 valence electrons. The van der Waals surface area contributed by atoms with Gasteiger partial charge in [-0.3, -0.25) is 14.5 Å². The van der Waals surface area contributed by atoms with Gasteiger partial charge in [0.25, 0.3) is 11.1 Å². The van der Waals surface area contributed by atoms with Crippen LogP contribution in [0.15, 0.2) is 66.1 Å². The molecule has 2 aromatic rings. The summed E-state index contributed by atoms with van der Waals surface area (Å²) in [5.41, 5.74) is 1.71. The van der Waals surface area contributed by atoms with Crippen LogP contribution in [0.5, 0.6) is 5.75 Å². The molecule has 0 aromatic heterocycles. The van der Waals surface area contributed by atoms with Crippen molar-refractivity contribution >= 4 is 35.0 Å². The number of carbonyl (C=O) groups excluding carboxylic acids is 3. The number of carboxylic acid groups (broad SMARTS) is 1. The molecule has 0 aliphatic carbocycles. The number of thioether (sulfide) groups is 1. The Morgan fingerprint density at radius 1 is 1.11 bits per heavy atom. The van der Waals surface area contributed by atoms with Crippen molar-refractivity contribution in [3.05, 3.63) is 82.8 Å². The molecule has 28 heavy (non-hydrogen) atoms. The average Bonchev–Trinajstić information content (AvgIpc) is 2.95. The number of benzene rings is 2. The first-order valence-electron chi connectivity index (χ1n) is 8.37. The van der Waals surface area contributed by atoms with E-state index in [4.69, 9.17) is 4.74 Å². The summed E-state index contributed by atoms with van der Waals surface area (Å²) >= 11 is 0.905. The monoisotopic (exact) mass is 394 g/mol. The van der Waals surface area contributed by atoms with Gasteiger partial charge < -0.3 is 14.6 Å². The zero-order valence-corrected chi connectivity index (χ0v) is 15.6. The highest BCUT2D eigenvalue weighted by Crippen LogP contribution is 2.32. The number of imide groups is 1. The van der Waals surface area contributed by atoms with Gasteiger partial charge in [-0.25, -0.2) is 0 Å². The molecule has 0 bridgehead atoms. The summed E-state index contributed by atoms with van der Waals surface area (Å²) in [6, 6.07) is 13.4. The molecule has 1 heterocycles.